The molecule has 0 amide bonds. The second-order valence-electron chi connectivity index (χ2n) is 15.3. The standard InChI is InChI=1S/C54H36N2Si/c1-4-16-39(17-5-1)55-49-25-13-10-22-43(49)47-35-48-44-23-11-14-26-50(44)56(52(48)36-51(47)55)40-31-28-37(29-32-40)38-30-33-46-45-24-12-15-27-53(45)57(54(46)34-38,41-18-6-2-7-19-41)42-20-8-3-9-21-42/h1-36H. The van der Waals surface area contributed by atoms with E-state index in [-0.39, 0.29) is 0 Å². The van der Waals surface area contributed by atoms with Crippen LogP contribution in [0.4, 0.5) is 0 Å². The second-order valence-corrected chi connectivity index (χ2v) is 19.0. The number of nitrogens with zero attached hydrogens (tertiary/aromatic N) is 2. The molecule has 0 saturated heterocycles. The zero-order valence-corrected chi connectivity index (χ0v) is 32.2. The van der Waals surface area contributed by atoms with E-state index >= 15 is 0 Å². The van der Waals surface area contributed by atoms with Gasteiger partial charge in [-0.25, -0.2) is 0 Å². The molecule has 3 heteroatoms. The minimum atomic E-state index is -2.58. The van der Waals surface area contributed by atoms with Crippen LogP contribution in [0, 0.1) is 0 Å². The fourth-order valence-corrected chi connectivity index (χ4v) is 15.2. The predicted octanol–water partition coefficient (Wildman–Crippen LogP) is 10.9. The Morgan fingerprint density at radius 3 is 1.37 bits per heavy atom. The Morgan fingerprint density at radius 1 is 0.281 bits per heavy atom. The molecular formula is C54H36N2Si. The largest absolute Gasteiger partial charge is 0.309 e. The summed E-state index contributed by atoms with van der Waals surface area (Å²) in [5, 5.41) is 10.8. The lowest BCUT2D eigenvalue weighted by Gasteiger charge is -2.31. The molecule has 2 aromatic heterocycles. The molecule has 0 aliphatic carbocycles. The van der Waals surface area contributed by atoms with Gasteiger partial charge in [-0.2, -0.15) is 0 Å². The number of hydrogen-bond donors (Lipinski definition) is 0. The van der Waals surface area contributed by atoms with Crippen LogP contribution in [0.3, 0.4) is 0 Å². The SMILES string of the molecule is c1ccc(-n2c3ccccc3c3cc4c5ccccc5n(-c5ccc(-c6ccc7c(c6)[Si](c6ccccc6)(c6ccccc6)c6ccccc6-7)cc5)c4cc32)cc1. The van der Waals surface area contributed by atoms with Crippen molar-refractivity contribution in [3.63, 3.8) is 0 Å². The van der Waals surface area contributed by atoms with Crippen molar-refractivity contribution in [3.8, 4) is 33.6 Å². The number of benzene rings is 9. The lowest BCUT2D eigenvalue weighted by atomic mass is 10.0. The highest BCUT2D eigenvalue weighted by atomic mass is 28.3. The average molecular weight is 741 g/mol. The van der Waals surface area contributed by atoms with E-state index in [0.717, 1.165) is 5.69 Å². The number of fused-ring (bicyclic) bond motifs is 9. The molecule has 1 aliphatic heterocycles. The molecule has 3 heterocycles. The van der Waals surface area contributed by atoms with Gasteiger partial charge in [0, 0.05) is 32.9 Å². The molecule has 11 aromatic rings. The number of aromatic nitrogens is 2. The van der Waals surface area contributed by atoms with Crippen LogP contribution in [-0.2, 0) is 0 Å². The van der Waals surface area contributed by atoms with E-state index in [9.17, 15) is 0 Å². The predicted molar refractivity (Wildman–Crippen MR) is 243 cm³/mol. The maximum Gasteiger partial charge on any atom is 0.180 e. The van der Waals surface area contributed by atoms with Gasteiger partial charge >= 0.3 is 0 Å². The van der Waals surface area contributed by atoms with Crippen molar-refractivity contribution in [1.82, 2.24) is 9.13 Å². The van der Waals surface area contributed by atoms with Gasteiger partial charge in [0.25, 0.3) is 0 Å². The first kappa shape index (κ1) is 32.1. The van der Waals surface area contributed by atoms with Gasteiger partial charge in [-0.3, -0.25) is 0 Å². The molecule has 0 unspecified atom stereocenters. The summed E-state index contributed by atoms with van der Waals surface area (Å²) in [6, 6.07) is 81.3. The Hall–Kier alpha value is -7.20. The van der Waals surface area contributed by atoms with Crippen LogP contribution in [0.25, 0.3) is 77.2 Å². The minimum absolute atomic E-state index is 1.15. The van der Waals surface area contributed by atoms with Crippen LogP contribution < -0.4 is 20.7 Å². The second kappa shape index (κ2) is 12.4. The molecule has 9 aromatic carbocycles. The summed E-state index contributed by atoms with van der Waals surface area (Å²) >= 11 is 0. The van der Waals surface area contributed by atoms with Crippen molar-refractivity contribution >= 4 is 72.4 Å². The zero-order chi connectivity index (χ0) is 37.5. The fourth-order valence-electron chi connectivity index (χ4n) is 9.99. The van der Waals surface area contributed by atoms with E-state index in [1.54, 1.807) is 0 Å². The summed E-state index contributed by atoms with van der Waals surface area (Å²) in [7, 11) is -2.58. The highest BCUT2D eigenvalue weighted by Crippen LogP contribution is 2.40. The summed E-state index contributed by atoms with van der Waals surface area (Å²) in [5.41, 5.74) is 12.3. The van der Waals surface area contributed by atoms with Gasteiger partial charge < -0.3 is 9.13 Å². The van der Waals surface area contributed by atoms with Crippen molar-refractivity contribution < 1.29 is 0 Å². The molecule has 12 rings (SSSR count). The maximum absolute atomic E-state index is 2.58. The summed E-state index contributed by atoms with van der Waals surface area (Å²) in [4.78, 5) is 0. The molecule has 57 heavy (non-hydrogen) atoms. The van der Waals surface area contributed by atoms with Crippen LogP contribution in [0.2, 0.25) is 0 Å². The van der Waals surface area contributed by atoms with Crippen molar-refractivity contribution in [1.29, 1.82) is 0 Å². The first-order valence-corrected chi connectivity index (χ1v) is 21.8. The highest BCUT2D eigenvalue weighted by molar-refractivity contribution is 7.22. The average Bonchev–Trinajstić information content (AvgIpc) is 3.90. The lowest BCUT2D eigenvalue weighted by Crippen LogP contribution is -2.72. The summed E-state index contributed by atoms with van der Waals surface area (Å²) in [6.07, 6.45) is 0. The first-order valence-electron chi connectivity index (χ1n) is 19.8. The number of para-hydroxylation sites is 3. The van der Waals surface area contributed by atoms with Gasteiger partial charge in [0.1, 0.15) is 0 Å². The maximum atomic E-state index is 2.51. The van der Waals surface area contributed by atoms with Crippen LogP contribution in [0.5, 0.6) is 0 Å². The van der Waals surface area contributed by atoms with Gasteiger partial charge in [0.2, 0.25) is 0 Å². The third kappa shape index (κ3) is 4.58. The van der Waals surface area contributed by atoms with E-state index in [0.29, 0.717) is 0 Å². The van der Waals surface area contributed by atoms with Crippen molar-refractivity contribution in [2.75, 3.05) is 0 Å². The fraction of sp³-hybridized carbons (Fsp3) is 0. The number of rotatable bonds is 5. The monoisotopic (exact) mass is 740 g/mol. The smallest absolute Gasteiger partial charge is 0.180 e. The van der Waals surface area contributed by atoms with Crippen molar-refractivity contribution in [2.45, 2.75) is 0 Å². The van der Waals surface area contributed by atoms with Gasteiger partial charge in [0.05, 0.1) is 22.1 Å². The molecule has 0 N–H and O–H groups in total. The quantitative estimate of drug-likeness (QED) is 0.156. The van der Waals surface area contributed by atoms with Gasteiger partial charge in [-0.15, -0.1) is 0 Å². The summed E-state index contributed by atoms with van der Waals surface area (Å²) in [6.45, 7) is 0. The Balaban J connectivity index is 1.04. The van der Waals surface area contributed by atoms with E-state index < -0.39 is 8.07 Å². The van der Waals surface area contributed by atoms with Gasteiger partial charge in [-0.1, -0.05) is 170 Å². The van der Waals surface area contributed by atoms with E-state index in [4.69, 9.17) is 0 Å². The minimum Gasteiger partial charge on any atom is -0.309 e. The van der Waals surface area contributed by atoms with Gasteiger partial charge in [0.15, 0.2) is 8.07 Å². The topological polar surface area (TPSA) is 9.86 Å². The molecule has 0 spiro atoms. The lowest BCUT2D eigenvalue weighted by molar-refractivity contribution is 1.16. The molecular weight excluding hydrogens is 705 g/mol. The van der Waals surface area contributed by atoms with E-state index in [1.165, 1.54) is 92.3 Å². The van der Waals surface area contributed by atoms with Crippen LogP contribution >= 0.6 is 0 Å². The number of hydrogen-bond acceptors (Lipinski definition) is 0. The third-order valence-electron chi connectivity index (χ3n) is 12.4. The molecule has 0 bridgehead atoms. The Kier molecular flexibility index (Phi) is 6.98. The van der Waals surface area contributed by atoms with Gasteiger partial charge in [-0.05, 0) is 91.5 Å². The molecule has 1 aliphatic rings. The van der Waals surface area contributed by atoms with E-state index in [2.05, 4.69) is 228 Å². The Labute approximate surface area is 332 Å². The molecule has 0 atom stereocenters. The van der Waals surface area contributed by atoms with Crippen LogP contribution in [-0.4, -0.2) is 17.2 Å². The molecule has 0 radical (unpaired) electrons. The first-order chi connectivity index (χ1) is 28.3. The van der Waals surface area contributed by atoms with Crippen molar-refractivity contribution in [3.05, 3.63) is 218 Å². The van der Waals surface area contributed by atoms with Crippen molar-refractivity contribution in [2.24, 2.45) is 0 Å². The summed E-state index contributed by atoms with van der Waals surface area (Å²) in [5.74, 6) is 0. The molecule has 266 valence electrons. The summed E-state index contributed by atoms with van der Waals surface area (Å²) < 4.78 is 4.86. The Morgan fingerprint density at radius 2 is 0.754 bits per heavy atom. The van der Waals surface area contributed by atoms with Crippen LogP contribution in [0.15, 0.2) is 218 Å². The zero-order valence-electron chi connectivity index (χ0n) is 31.2. The molecule has 0 saturated carbocycles. The molecule has 0 fully saturated rings. The molecule has 2 nitrogen and oxygen atoms in total. The van der Waals surface area contributed by atoms with E-state index in [1.807, 2.05) is 0 Å². The van der Waals surface area contributed by atoms with Crippen LogP contribution in [0.1, 0.15) is 0 Å². The Bertz CT molecular complexity index is 3280. The highest BCUT2D eigenvalue weighted by Gasteiger charge is 2.48. The third-order valence-corrected chi connectivity index (χ3v) is 17.3. The normalized spacial score (nSPS) is 13.1.